The number of benzene rings is 3. The van der Waals surface area contributed by atoms with Gasteiger partial charge >= 0.3 is 0 Å². The normalized spacial score (nSPS) is 19.3. The fourth-order valence-corrected chi connectivity index (χ4v) is 5.12. The topological polar surface area (TPSA) is 53.1 Å². The number of hydrogen-bond acceptors (Lipinski definition) is 5. The lowest BCUT2D eigenvalue weighted by Crippen LogP contribution is -2.53. The third kappa shape index (κ3) is 4.74. The molecule has 2 aliphatic rings. The maximum atomic E-state index is 13.6. The Kier molecular flexibility index (Phi) is 6.80. The molecule has 0 bridgehead atoms. The average Bonchev–Trinajstić information content (AvgIpc) is 3.20. The fraction of sp³-hybridized carbons (Fsp3) is 0.286. The smallest absolute Gasteiger partial charge is 0.251 e. The number of carbonyl (C=O) groups excluding carboxylic acids is 2. The van der Waals surface area contributed by atoms with Crippen LogP contribution in [0.1, 0.15) is 23.6 Å². The van der Waals surface area contributed by atoms with Crippen molar-refractivity contribution in [1.82, 2.24) is 9.80 Å². The number of piperazine rings is 1. The molecule has 6 nitrogen and oxygen atoms in total. The first-order valence-corrected chi connectivity index (χ1v) is 11.9. The van der Waals surface area contributed by atoms with Crippen LogP contribution in [-0.2, 0) is 9.59 Å². The third-order valence-corrected chi connectivity index (χ3v) is 6.98. The van der Waals surface area contributed by atoms with Crippen molar-refractivity contribution in [3.63, 3.8) is 0 Å². The van der Waals surface area contributed by atoms with E-state index in [1.807, 2.05) is 0 Å². The molecule has 0 N–H and O–H groups in total. The highest BCUT2D eigenvalue weighted by Gasteiger charge is 2.43. The van der Waals surface area contributed by atoms with Gasteiger partial charge in [-0.15, -0.1) is 0 Å². The lowest BCUT2D eigenvalue weighted by molar-refractivity contribution is -0.123. The lowest BCUT2D eigenvalue weighted by Gasteiger charge is -2.41. The van der Waals surface area contributed by atoms with Gasteiger partial charge in [-0.25, -0.2) is 13.7 Å². The summed E-state index contributed by atoms with van der Waals surface area (Å²) in [6.45, 7) is 2.47. The summed E-state index contributed by atoms with van der Waals surface area (Å²) < 4.78 is 32.4. The molecule has 0 radical (unpaired) electrons. The average molecular weight is 492 g/mol. The minimum absolute atomic E-state index is 0.143. The molecular formula is C28H27F2N3O3. The predicted octanol–water partition coefficient (Wildman–Crippen LogP) is 4.01. The summed E-state index contributed by atoms with van der Waals surface area (Å²) in [4.78, 5) is 31.6. The Balaban J connectivity index is 1.31. The Hall–Kier alpha value is -3.62. The van der Waals surface area contributed by atoms with Crippen molar-refractivity contribution in [2.45, 2.75) is 18.5 Å². The van der Waals surface area contributed by atoms with Crippen LogP contribution in [-0.4, -0.2) is 60.9 Å². The SMILES string of the molecule is COc1ccc(N2C(=O)C[C@H](N3CCN(C(c4ccc(F)cc4)c4ccc(F)cc4)CC3)C2=O)cc1. The van der Waals surface area contributed by atoms with Crippen LogP contribution in [0.3, 0.4) is 0 Å². The maximum absolute atomic E-state index is 13.6. The summed E-state index contributed by atoms with van der Waals surface area (Å²) >= 11 is 0. The summed E-state index contributed by atoms with van der Waals surface area (Å²) in [5.41, 5.74) is 2.36. The molecule has 0 saturated carbocycles. The summed E-state index contributed by atoms with van der Waals surface area (Å²) in [6, 6.07) is 18.9. The first kappa shape index (κ1) is 24.1. The lowest BCUT2D eigenvalue weighted by atomic mass is 9.96. The molecule has 2 amide bonds. The number of carbonyl (C=O) groups is 2. The van der Waals surface area contributed by atoms with Gasteiger partial charge in [-0.1, -0.05) is 24.3 Å². The second-order valence-electron chi connectivity index (χ2n) is 9.06. The zero-order valence-corrected chi connectivity index (χ0v) is 19.9. The summed E-state index contributed by atoms with van der Waals surface area (Å²) in [5.74, 6) is -0.401. The summed E-state index contributed by atoms with van der Waals surface area (Å²) in [7, 11) is 1.56. The highest BCUT2D eigenvalue weighted by molar-refractivity contribution is 6.22. The van der Waals surface area contributed by atoms with Crippen LogP contribution < -0.4 is 9.64 Å². The standard InChI is InChI=1S/C28H27F2N3O3/c1-36-24-12-10-23(11-13-24)33-26(34)18-25(28(33)35)31-14-16-32(17-15-31)27(19-2-6-21(29)7-3-19)20-4-8-22(30)9-5-20/h2-13,25,27H,14-18H2,1H3/t25-/m0/s1. The van der Waals surface area contributed by atoms with Crippen molar-refractivity contribution in [1.29, 1.82) is 0 Å². The molecule has 0 aromatic heterocycles. The quantitative estimate of drug-likeness (QED) is 0.488. The first-order valence-electron chi connectivity index (χ1n) is 11.9. The molecule has 3 aromatic carbocycles. The maximum Gasteiger partial charge on any atom is 0.251 e. The predicted molar refractivity (Wildman–Crippen MR) is 132 cm³/mol. The van der Waals surface area contributed by atoms with E-state index in [0.717, 1.165) is 11.1 Å². The Morgan fingerprint density at radius 2 is 1.31 bits per heavy atom. The number of halogens is 2. The number of nitrogens with zero attached hydrogens (tertiary/aromatic N) is 3. The number of ether oxygens (including phenoxy) is 1. The minimum Gasteiger partial charge on any atom is -0.497 e. The molecule has 1 atom stereocenters. The third-order valence-electron chi connectivity index (χ3n) is 6.98. The van der Waals surface area contributed by atoms with E-state index < -0.39 is 6.04 Å². The van der Waals surface area contributed by atoms with E-state index in [2.05, 4.69) is 9.80 Å². The van der Waals surface area contributed by atoms with Crippen LogP contribution in [0, 0.1) is 11.6 Å². The van der Waals surface area contributed by atoms with Crippen LogP contribution in [0.15, 0.2) is 72.8 Å². The largest absolute Gasteiger partial charge is 0.497 e. The zero-order chi connectivity index (χ0) is 25.2. The second-order valence-corrected chi connectivity index (χ2v) is 9.06. The highest BCUT2D eigenvalue weighted by atomic mass is 19.1. The van der Waals surface area contributed by atoms with Crippen LogP contribution in [0.25, 0.3) is 0 Å². The number of imide groups is 1. The van der Waals surface area contributed by atoms with Gasteiger partial charge in [0.25, 0.3) is 5.91 Å². The molecule has 0 unspecified atom stereocenters. The van der Waals surface area contributed by atoms with Crippen LogP contribution in [0.2, 0.25) is 0 Å². The van der Waals surface area contributed by atoms with Crippen molar-refractivity contribution in [2.75, 3.05) is 38.2 Å². The molecular weight excluding hydrogens is 464 g/mol. The number of hydrogen-bond donors (Lipinski definition) is 0. The van der Waals surface area contributed by atoms with E-state index in [9.17, 15) is 18.4 Å². The van der Waals surface area contributed by atoms with Crippen LogP contribution in [0.5, 0.6) is 5.75 Å². The van der Waals surface area contributed by atoms with Crippen molar-refractivity contribution < 1.29 is 23.1 Å². The zero-order valence-electron chi connectivity index (χ0n) is 19.9. The van der Waals surface area contributed by atoms with Crippen molar-refractivity contribution in [3.8, 4) is 5.75 Å². The van der Waals surface area contributed by atoms with Crippen LogP contribution in [0.4, 0.5) is 14.5 Å². The monoisotopic (exact) mass is 491 g/mol. The molecule has 36 heavy (non-hydrogen) atoms. The van der Waals surface area contributed by atoms with Gasteiger partial charge in [0.2, 0.25) is 5.91 Å². The van der Waals surface area contributed by atoms with E-state index in [-0.39, 0.29) is 35.9 Å². The van der Waals surface area contributed by atoms with Crippen LogP contribution >= 0.6 is 0 Å². The second kappa shape index (κ2) is 10.2. The van der Waals surface area contributed by atoms with Gasteiger partial charge in [-0.2, -0.15) is 0 Å². The number of amides is 2. The minimum atomic E-state index is -0.503. The summed E-state index contributed by atoms with van der Waals surface area (Å²) in [5, 5.41) is 0. The first-order chi connectivity index (χ1) is 17.4. The molecule has 3 aromatic rings. The van der Waals surface area contributed by atoms with E-state index in [4.69, 9.17) is 4.74 Å². The number of anilines is 1. The van der Waals surface area contributed by atoms with Gasteiger partial charge < -0.3 is 4.74 Å². The van der Waals surface area contributed by atoms with Gasteiger partial charge in [0.05, 0.1) is 31.3 Å². The Morgan fingerprint density at radius 1 is 0.778 bits per heavy atom. The highest BCUT2D eigenvalue weighted by Crippen LogP contribution is 2.32. The Morgan fingerprint density at radius 3 is 1.81 bits per heavy atom. The van der Waals surface area contributed by atoms with Crippen molar-refractivity contribution >= 4 is 17.5 Å². The fourth-order valence-electron chi connectivity index (χ4n) is 5.12. The molecule has 8 heteroatoms. The van der Waals surface area contributed by atoms with E-state index in [1.165, 1.54) is 29.2 Å². The van der Waals surface area contributed by atoms with Gasteiger partial charge in [0.15, 0.2) is 0 Å². The molecule has 2 fully saturated rings. The van der Waals surface area contributed by atoms with Gasteiger partial charge in [-0.05, 0) is 59.7 Å². The number of methoxy groups -OCH3 is 1. The molecule has 5 rings (SSSR count). The molecule has 2 aliphatic heterocycles. The van der Waals surface area contributed by atoms with Crippen molar-refractivity contribution in [3.05, 3.63) is 95.6 Å². The van der Waals surface area contributed by atoms with Gasteiger partial charge in [0.1, 0.15) is 17.4 Å². The van der Waals surface area contributed by atoms with E-state index in [1.54, 1.807) is 55.6 Å². The van der Waals surface area contributed by atoms with Gasteiger partial charge in [0, 0.05) is 26.2 Å². The molecule has 2 heterocycles. The molecule has 186 valence electrons. The Bertz CT molecular complexity index is 1180. The summed E-state index contributed by atoms with van der Waals surface area (Å²) in [6.07, 6.45) is 0.143. The van der Waals surface area contributed by atoms with Gasteiger partial charge in [-0.3, -0.25) is 19.4 Å². The molecule has 0 aliphatic carbocycles. The van der Waals surface area contributed by atoms with Crippen molar-refractivity contribution in [2.24, 2.45) is 0 Å². The van der Waals surface area contributed by atoms with E-state index >= 15 is 0 Å². The molecule has 0 spiro atoms. The number of rotatable bonds is 6. The van der Waals surface area contributed by atoms with E-state index in [0.29, 0.717) is 37.6 Å². The Labute approximate surface area is 208 Å². The molecule has 2 saturated heterocycles.